The van der Waals surface area contributed by atoms with Gasteiger partial charge in [-0.25, -0.2) is 4.68 Å². The molecule has 2 N–H and O–H groups in total. The van der Waals surface area contributed by atoms with E-state index < -0.39 is 6.04 Å². The summed E-state index contributed by atoms with van der Waals surface area (Å²) in [6.07, 6.45) is 3.63. The van der Waals surface area contributed by atoms with Crippen LogP contribution < -0.4 is 29.6 Å². The summed E-state index contributed by atoms with van der Waals surface area (Å²) in [5, 5.41) is 11.0. The van der Waals surface area contributed by atoms with Crippen molar-refractivity contribution < 1.29 is 23.7 Å². The molecule has 0 aliphatic carbocycles. The maximum absolute atomic E-state index is 13.5. The van der Waals surface area contributed by atoms with E-state index in [0.29, 0.717) is 40.9 Å². The predicted molar refractivity (Wildman–Crippen MR) is 155 cm³/mol. The monoisotopic (exact) mass is 540 g/mol. The standard InChI is InChI=1S/C31H32N4O5/c1-6-40-22-13-11-21(12-14-22)33-31(36)24-18-32-35-26(23-15-16-27(37-3)29(39-5)28(23)38-4)17-25(34-30(24)35)20-9-7-19(2)8-10-20/h7-18,26,34H,6H2,1-5H3,(H,33,36). The highest BCUT2D eigenvalue weighted by atomic mass is 16.5. The minimum absolute atomic E-state index is 0.291. The van der Waals surface area contributed by atoms with Crippen LogP contribution in [0.2, 0.25) is 0 Å². The molecular formula is C31H32N4O5. The van der Waals surface area contributed by atoms with Crippen LogP contribution in [0.25, 0.3) is 5.70 Å². The Bertz CT molecular complexity index is 1540. The highest BCUT2D eigenvalue weighted by Gasteiger charge is 2.31. The Morgan fingerprint density at radius 3 is 2.33 bits per heavy atom. The van der Waals surface area contributed by atoms with E-state index in [-0.39, 0.29) is 5.91 Å². The molecule has 206 valence electrons. The molecule has 0 saturated carbocycles. The molecule has 9 nitrogen and oxygen atoms in total. The number of carbonyl (C=O) groups is 1. The number of nitrogens with one attached hydrogen (secondary N) is 2. The lowest BCUT2D eigenvalue weighted by Crippen LogP contribution is -2.22. The van der Waals surface area contributed by atoms with Crippen LogP contribution in [0.1, 0.15) is 40.0 Å². The lowest BCUT2D eigenvalue weighted by molar-refractivity contribution is 0.102. The molecule has 0 radical (unpaired) electrons. The third kappa shape index (κ3) is 5.05. The molecule has 40 heavy (non-hydrogen) atoms. The zero-order valence-corrected chi connectivity index (χ0v) is 23.1. The van der Waals surface area contributed by atoms with Crippen LogP contribution in [0.5, 0.6) is 23.0 Å². The molecule has 3 aromatic carbocycles. The van der Waals surface area contributed by atoms with E-state index in [2.05, 4.69) is 33.9 Å². The Kier molecular flexibility index (Phi) is 7.63. The van der Waals surface area contributed by atoms with Gasteiger partial charge in [-0.2, -0.15) is 5.10 Å². The average Bonchev–Trinajstić information content (AvgIpc) is 3.41. The Labute approximate surface area is 233 Å². The van der Waals surface area contributed by atoms with Gasteiger partial charge in [-0.3, -0.25) is 4.79 Å². The third-order valence-electron chi connectivity index (χ3n) is 6.72. The van der Waals surface area contributed by atoms with Gasteiger partial charge >= 0.3 is 0 Å². The highest BCUT2D eigenvalue weighted by Crippen LogP contribution is 2.45. The topological polar surface area (TPSA) is 95.9 Å². The number of nitrogens with zero attached hydrogens (tertiary/aromatic N) is 2. The van der Waals surface area contributed by atoms with Crippen LogP contribution in [-0.2, 0) is 0 Å². The summed E-state index contributed by atoms with van der Waals surface area (Å²) in [7, 11) is 4.74. The van der Waals surface area contributed by atoms with Crippen molar-refractivity contribution in [2.24, 2.45) is 0 Å². The Balaban J connectivity index is 1.58. The summed E-state index contributed by atoms with van der Waals surface area (Å²) in [6.45, 7) is 4.54. The molecule has 0 saturated heterocycles. The lowest BCUT2D eigenvalue weighted by Gasteiger charge is -2.28. The fourth-order valence-electron chi connectivity index (χ4n) is 4.74. The Morgan fingerprint density at radius 2 is 1.68 bits per heavy atom. The Morgan fingerprint density at radius 1 is 0.950 bits per heavy atom. The number of aromatic nitrogens is 2. The molecule has 0 fully saturated rings. The molecule has 2 heterocycles. The second kappa shape index (κ2) is 11.4. The predicted octanol–water partition coefficient (Wildman–Crippen LogP) is 5.92. The van der Waals surface area contributed by atoms with Gasteiger partial charge < -0.3 is 29.6 Å². The summed E-state index contributed by atoms with van der Waals surface area (Å²) in [6, 6.07) is 18.8. The van der Waals surface area contributed by atoms with Crippen molar-refractivity contribution in [2.75, 3.05) is 38.6 Å². The van der Waals surface area contributed by atoms with Crippen molar-refractivity contribution in [1.82, 2.24) is 9.78 Å². The molecule has 5 rings (SSSR count). The van der Waals surface area contributed by atoms with E-state index >= 15 is 0 Å². The first-order valence-electron chi connectivity index (χ1n) is 12.9. The first-order valence-corrected chi connectivity index (χ1v) is 12.9. The van der Waals surface area contributed by atoms with Crippen LogP contribution in [0.15, 0.2) is 72.9 Å². The van der Waals surface area contributed by atoms with Gasteiger partial charge in [-0.15, -0.1) is 0 Å². The number of allylic oxidation sites excluding steroid dienone is 1. The number of rotatable bonds is 9. The minimum atomic E-state index is -0.408. The number of amides is 1. The summed E-state index contributed by atoms with van der Waals surface area (Å²) >= 11 is 0. The first-order chi connectivity index (χ1) is 19.5. The number of anilines is 2. The lowest BCUT2D eigenvalue weighted by atomic mass is 9.99. The van der Waals surface area contributed by atoms with Gasteiger partial charge in [0.15, 0.2) is 11.5 Å². The molecule has 1 amide bonds. The van der Waals surface area contributed by atoms with E-state index in [1.807, 2.05) is 50.2 Å². The molecule has 1 aliphatic rings. The van der Waals surface area contributed by atoms with Crippen LogP contribution in [0.3, 0.4) is 0 Å². The number of ether oxygens (including phenoxy) is 4. The highest BCUT2D eigenvalue weighted by molar-refractivity contribution is 6.08. The second-order valence-electron chi connectivity index (χ2n) is 9.20. The zero-order valence-electron chi connectivity index (χ0n) is 23.1. The van der Waals surface area contributed by atoms with Crippen LogP contribution in [0.4, 0.5) is 11.5 Å². The Hall–Kier alpha value is -4.92. The van der Waals surface area contributed by atoms with E-state index in [1.54, 1.807) is 44.3 Å². The van der Waals surface area contributed by atoms with Crippen molar-refractivity contribution >= 4 is 23.1 Å². The summed E-state index contributed by atoms with van der Waals surface area (Å²) < 4.78 is 24.2. The molecule has 1 aliphatic heterocycles. The average molecular weight is 541 g/mol. The summed E-state index contributed by atoms with van der Waals surface area (Å²) in [5.74, 6) is 2.56. The molecule has 1 unspecified atom stereocenters. The smallest absolute Gasteiger partial charge is 0.261 e. The van der Waals surface area contributed by atoms with Gasteiger partial charge in [0, 0.05) is 16.9 Å². The van der Waals surface area contributed by atoms with Crippen LogP contribution >= 0.6 is 0 Å². The molecule has 9 heteroatoms. The SMILES string of the molecule is CCOc1ccc(NC(=O)c2cnn3c2NC(c2ccc(C)cc2)=CC3c2ccc(OC)c(OC)c2OC)cc1. The molecule has 4 aromatic rings. The van der Waals surface area contributed by atoms with E-state index in [4.69, 9.17) is 18.9 Å². The number of methoxy groups -OCH3 is 3. The van der Waals surface area contributed by atoms with Gasteiger partial charge in [-0.1, -0.05) is 29.8 Å². The van der Waals surface area contributed by atoms with Crippen molar-refractivity contribution in [3.05, 3.63) is 95.2 Å². The van der Waals surface area contributed by atoms with Gasteiger partial charge in [-0.05, 0) is 61.9 Å². The quantitative estimate of drug-likeness (QED) is 0.272. The number of hydrogen-bond acceptors (Lipinski definition) is 7. The molecular weight excluding hydrogens is 508 g/mol. The first kappa shape index (κ1) is 26.7. The van der Waals surface area contributed by atoms with Gasteiger partial charge in [0.05, 0.1) is 34.1 Å². The summed E-state index contributed by atoms with van der Waals surface area (Å²) in [4.78, 5) is 13.5. The minimum Gasteiger partial charge on any atom is -0.494 e. The van der Waals surface area contributed by atoms with Gasteiger partial charge in [0.2, 0.25) is 5.75 Å². The van der Waals surface area contributed by atoms with Gasteiger partial charge in [0.1, 0.15) is 23.2 Å². The maximum atomic E-state index is 13.5. The second-order valence-corrected chi connectivity index (χ2v) is 9.20. The number of fused-ring (bicyclic) bond motifs is 1. The fraction of sp³-hybridized carbons (Fsp3) is 0.226. The number of aryl methyl sites for hydroxylation is 1. The van der Waals surface area contributed by atoms with Gasteiger partial charge in [0.25, 0.3) is 5.91 Å². The van der Waals surface area contributed by atoms with E-state index in [9.17, 15) is 4.79 Å². The molecule has 0 spiro atoms. The largest absolute Gasteiger partial charge is 0.494 e. The summed E-state index contributed by atoms with van der Waals surface area (Å²) in [5.41, 5.74) is 4.81. The van der Waals surface area contributed by atoms with E-state index in [0.717, 1.165) is 28.1 Å². The third-order valence-corrected chi connectivity index (χ3v) is 6.72. The number of hydrogen-bond donors (Lipinski definition) is 2. The van der Waals surface area contributed by atoms with Crippen molar-refractivity contribution in [2.45, 2.75) is 19.9 Å². The molecule has 1 aromatic heterocycles. The van der Waals surface area contributed by atoms with E-state index in [1.165, 1.54) is 0 Å². The molecule has 0 bridgehead atoms. The fourth-order valence-corrected chi connectivity index (χ4v) is 4.74. The maximum Gasteiger partial charge on any atom is 0.261 e. The van der Waals surface area contributed by atoms with Crippen molar-refractivity contribution in [3.8, 4) is 23.0 Å². The van der Waals surface area contributed by atoms with Crippen LogP contribution in [-0.4, -0.2) is 43.6 Å². The molecule has 1 atom stereocenters. The number of carbonyl (C=O) groups excluding carboxylic acids is 1. The zero-order chi connectivity index (χ0) is 28.2. The normalized spacial score (nSPS) is 13.9. The van der Waals surface area contributed by atoms with Crippen LogP contribution in [0, 0.1) is 6.92 Å². The van der Waals surface area contributed by atoms with Crippen molar-refractivity contribution in [3.63, 3.8) is 0 Å². The number of benzene rings is 3. The van der Waals surface area contributed by atoms with Crippen molar-refractivity contribution in [1.29, 1.82) is 0 Å².